The van der Waals surface area contributed by atoms with Crippen LogP contribution in [0, 0.1) is 0 Å². The summed E-state index contributed by atoms with van der Waals surface area (Å²) in [5.74, 6) is 0.788. The second-order valence-corrected chi connectivity index (χ2v) is 6.01. The summed E-state index contributed by atoms with van der Waals surface area (Å²) in [6.45, 7) is 2.56. The molecule has 2 aromatic carbocycles. The van der Waals surface area contributed by atoms with Crippen molar-refractivity contribution in [3.63, 3.8) is 0 Å². The third-order valence-electron chi connectivity index (χ3n) is 4.14. The minimum absolute atomic E-state index is 0.388. The minimum Gasteiger partial charge on any atom is -0.487 e. The first-order valence-electron chi connectivity index (χ1n) is 8.52. The number of hydrogen-bond donors (Lipinski definition) is 1. The second-order valence-electron chi connectivity index (χ2n) is 6.01. The zero-order valence-electron chi connectivity index (χ0n) is 14.0. The van der Waals surface area contributed by atoms with Crippen LogP contribution in [0.25, 0.3) is 10.9 Å². The molecule has 0 radical (unpaired) electrons. The molecule has 1 aromatic heterocycles. The molecule has 124 valence electrons. The van der Waals surface area contributed by atoms with Crippen molar-refractivity contribution < 1.29 is 9.84 Å². The van der Waals surface area contributed by atoms with Gasteiger partial charge in [-0.25, -0.2) is 4.98 Å². The number of ether oxygens (including phenoxy) is 1. The fraction of sp³-hybridized carbons (Fsp3) is 0.286. The number of pyridine rings is 1. The SMILES string of the molecule is CCCCC(O)c1ccc(OCc2ccc3ccccc3n2)cc1. The van der Waals surface area contributed by atoms with Crippen LogP contribution in [0.2, 0.25) is 0 Å². The maximum absolute atomic E-state index is 10.1. The van der Waals surface area contributed by atoms with Gasteiger partial charge in [-0.05, 0) is 36.2 Å². The molecular weight excluding hydrogens is 298 g/mol. The first kappa shape index (κ1) is 16.5. The quantitative estimate of drug-likeness (QED) is 0.663. The van der Waals surface area contributed by atoms with Crippen molar-refractivity contribution in [2.24, 2.45) is 0 Å². The number of aliphatic hydroxyl groups is 1. The summed E-state index contributed by atoms with van der Waals surface area (Å²) in [5, 5.41) is 11.2. The molecule has 3 aromatic rings. The highest BCUT2D eigenvalue weighted by atomic mass is 16.5. The molecule has 0 aliphatic rings. The highest BCUT2D eigenvalue weighted by Gasteiger charge is 2.07. The van der Waals surface area contributed by atoms with Crippen molar-refractivity contribution in [3.05, 3.63) is 71.9 Å². The summed E-state index contributed by atoms with van der Waals surface area (Å²) in [6.07, 6.45) is 2.54. The zero-order valence-corrected chi connectivity index (χ0v) is 14.0. The Kier molecular flexibility index (Phi) is 5.44. The molecule has 3 rings (SSSR count). The first-order valence-corrected chi connectivity index (χ1v) is 8.52. The van der Waals surface area contributed by atoms with Gasteiger partial charge in [-0.2, -0.15) is 0 Å². The molecule has 0 bridgehead atoms. The van der Waals surface area contributed by atoms with E-state index in [1.54, 1.807) is 0 Å². The lowest BCUT2D eigenvalue weighted by Gasteiger charge is -2.11. The van der Waals surface area contributed by atoms with Crippen LogP contribution in [0.4, 0.5) is 0 Å². The molecule has 0 aliphatic heterocycles. The van der Waals surface area contributed by atoms with E-state index < -0.39 is 0 Å². The standard InChI is InChI=1S/C21H23NO2/c1-2-3-8-21(23)17-10-13-19(14-11-17)24-15-18-12-9-16-6-4-5-7-20(16)22-18/h4-7,9-14,21,23H,2-3,8,15H2,1H3. The summed E-state index contributed by atoms with van der Waals surface area (Å²) in [4.78, 5) is 4.60. The van der Waals surface area contributed by atoms with Crippen LogP contribution in [0.1, 0.15) is 43.5 Å². The number of fused-ring (bicyclic) bond motifs is 1. The summed E-state index contributed by atoms with van der Waals surface area (Å²) in [7, 11) is 0. The van der Waals surface area contributed by atoms with Gasteiger partial charge in [0.25, 0.3) is 0 Å². The van der Waals surface area contributed by atoms with Gasteiger partial charge >= 0.3 is 0 Å². The van der Waals surface area contributed by atoms with Crippen LogP contribution < -0.4 is 4.74 Å². The molecule has 0 saturated heterocycles. The number of benzene rings is 2. The Balaban J connectivity index is 1.61. The van der Waals surface area contributed by atoms with Gasteiger partial charge in [0.15, 0.2) is 0 Å². The molecule has 1 unspecified atom stereocenters. The molecule has 0 fully saturated rings. The highest BCUT2D eigenvalue weighted by Crippen LogP contribution is 2.22. The van der Waals surface area contributed by atoms with E-state index in [2.05, 4.69) is 24.0 Å². The summed E-state index contributed by atoms with van der Waals surface area (Å²) in [6, 6.07) is 19.8. The molecule has 0 spiro atoms. The Bertz CT molecular complexity index is 783. The molecule has 3 nitrogen and oxygen atoms in total. The van der Waals surface area contributed by atoms with Gasteiger partial charge in [-0.1, -0.05) is 56.2 Å². The third-order valence-corrected chi connectivity index (χ3v) is 4.14. The average molecular weight is 321 g/mol. The maximum Gasteiger partial charge on any atom is 0.130 e. The van der Waals surface area contributed by atoms with Gasteiger partial charge in [-0.3, -0.25) is 0 Å². The molecule has 3 heteroatoms. The van der Waals surface area contributed by atoms with Crippen molar-refractivity contribution in [1.29, 1.82) is 0 Å². The lowest BCUT2D eigenvalue weighted by Crippen LogP contribution is -2.00. The van der Waals surface area contributed by atoms with E-state index in [4.69, 9.17) is 4.74 Å². The smallest absolute Gasteiger partial charge is 0.130 e. The predicted molar refractivity (Wildman–Crippen MR) is 97.0 cm³/mol. The van der Waals surface area contributed by atoms with Crippen LogP contribution in [0.3, 0.4) is 0 Å². The number of aromatic nitrogens is 1. The largest absolute Gasteiger partial charge is 0.487 e. The highest BCUT2D eigenvalue weighted by molar-refractivity contribution is 5.78. The number of aliphatic hydroxyl groups excluding tert-OH is 1. The van der Waals surface area contributed by atoms with E-state index in [1.807, 2.05) is 48.5 Å². The number of nitrogens with zero attached hydrogens (tertiary/aromatic N) is 1. The second kappa shape index (κ2) is 7.93. The molecule has 0 aliphatic carbocycles. The van der Waals surface area contributed by atoms with Crippen molar-refractivity contribution in [2.45, 2.75) is 38.9 Å². The normalized spacial score (nSPS) is 12.2. The van der Waals surface area contributed by atoms with Gasteiger partial charge in [-0.15, -0.1) is 0 Å². The van der Waals surface area contributed by atoms with Gasteiger partial charge in [0, 0.05) is 5.39 Å². The number of rotatable bonds is 7. The van der Waals surface area contributed by atoms with E-state index in [9.17, 15) is 5.11 Å². The summed E-state index contributed by atoms with van der Waals surface area (Å²) in [5.41, 5.74) is 2.83. The van der Waals surface area contributed by atoms with E-state index >= 15 is 0 Å². The molecule has 1 N–H and O–H groups in total. The Morgan fingerprint density at radius 1 is 1.00 bits per heavy atom. The van der Waals surface area contributed by atoms with Crippen molar-refractivity contribution in [3.8, 4) is 5.75 Å². The third kappa shape index (κ3) is 4.12. The van der Waals surface area contributed by atoms with Crippen LogP contribution in [-0.2, 0) is 6.61 Å². The lowest BCUT2D eigenvalue weighted by atomic mass is 10.0. The fourth-order valence-electron chi connectivity index (χ4n) is 2.70. The van der Waals surface area contributed by atoms with E-state index in [-0.39, 0.29) is 6.10 Å². The number of para-hydroxylation sites is 1. The van der Waals surface area contributed by atoms with Crippen LogP contribution in [-0.4, -0.2) is 10.1 Å². The predicted octanol–water partition coefficient (Wildman–Crippen LogP) is 5.04. The first-order chi connectivity index (χ1) is 11.8. The molecule has 0 saturated carbocycles. The Hall–Kier alpha value is -2.39. The van der Waals surface area contributed by atoms with Crippen molar-refractivity contribution in [2.75, 3.05) is 0 Å². The summed E-state index contributed by atoms with van der Waals surface area (Å²) >= 11 is 0. The molecule has 24 heavy (non-hydrogen) atoms. The van der Waals surface area contributed by atoms with E-state index in [1.165, 1.54) is 0 Å². The Labute approximate surface area is 142 Å². The number of hydrogen-bond acceptors (Lipinski definition) is 3. The van der Waals surface area contributed by atoms with Crippen LogP contribution in [0.5, 0.6) is 5.75 Å². The van der Waals surface area contributed by atoms with Gasteiger partial charge < -0.3 is 9.84 Å². The average Bonchev–Trinajstić information content (AvgIpc) is 2.64. The Morgan fingerprint density at radius 2 is 1.79 bits per heavy atom. The van der Waals surface area contributed by atoms with E-state index in [0.717, 1.165) is 47.2 Å². The van der Waals surface area contributed by atoms with Crippen LogP contribution >= 0.6 is 0 Å². The Morgan fingerprint density at radius 3 is 2.58 bits per heavy atom. The van der Waals surface area contributed by atoms with Crippen LogP contribution in [0.15, 0.2) is 60.7 Å². The molecule has 1 heterocycles. The summed E-state index contributed by atoms with van der Waals surface area (Å²) < 4.78 is 5.81. The monoisotopic (exact) mass is 321 g/mol. The molecule has 0 amide bonds. The molecular formula is C21H23NO2. The van der Waals surface area contributed by atoms with Gasteiger partial charge in [0.1, 0.15) is 12.4 Å². The lowest BCUT2D eigenvalue weighted by molar-refractivity contribution is 0.164. The van der Waals surface area contributed by atoms with E-state index in [0.29, 0.717) is 6.61 Å². The maximum atomic E-state index is 10.1. The fourth-order valence-corrected chi connectivity index (χ4v) is 2.70. The van der Waals surface area contributed by atoms with Crippen molar-refractivity contribution >= 4 is 10.9 Å². The zero-order chi connectivity index (χ0) is 16.8. The van der Waals surface area contributed by atoms with Gasteiger partial charge in [0.2, 0.25) is 0 Å². The topological polar surface area (TPSA) is 42.4 Å². The number of unbranched alkanes of at least 4 members (excludes halogenated alkanes) is 1. The molecule has 1 atom stereocenters. The van der Waals surface area contributed by atoms with Crippen molar-refractivity contribution in [1.82, 2.24) is 4.98 Å². The van der Waals surface area contributed by atoms with Gasteiger partial charge in [0.05, 0.1) is 17.3 Å². The minimum atomic E-state index is -0.388.